The van der Waals surface area contributed by atoms with Crippen molar-refractivity contribution in [2.24, 2.45) is 4.99 Å². The van der Waals surface area contributed by atoms with Gasteiger partial charge in [0.15, 0.2) is 5.96 Å². The van der Waals surface area contributed by atoms with Crippen LogP contribution in [0.5, 0.6) is 0 Å². The summed E-state index contributed by atoms with van der Waals surface area (Å²) in [6.45, 7) is 3.71. The highest BCUT2D eigenvalue weighted by atomic mass is 127. The van der Waals surface area contributed by atoms with E-state index < -0.39 is 0 Å². The van der Waals surface area contributed by atoms with Gasteiger partial charge >= 0.3 is 0 Å². The predicted molar refractivity (Wildman–Crippen MR) is 121 cm³/mol. The molecule has 0 atom stereocenters. The number of hydrogen-bond acceptors (Lipinski definition) is 3. The first kappa shape index (κ1) is 22.8. The van der Waals surface area contributed by atoms with Gasteiger partial charge in [0.05, 0.1) is 17.7 Å². The first-order chi connectivity index (χ1) is 13.5. The quantitative estimate of drug-likeness (QED) is 0.281. The summed E-state index contributed by atoms with van der Waals surface area (Å²) in [6, 6.07) is 13.1. The summed E-state index contributed by atoms with van der Waals surface area (Å²) in [6.07, 6.45) is 0. The number of rotatable bonds is 6. The zero-order valence-electron chi connectivity index (χ0n) is 16.4. The molecule has 154 valence electrons. The number of halogens is 2. The third-order valence-corrected chi connectivity index (χ3v) is 4.49. The fourth-order valence-corrected chi connectivity index (χ4v) is 3.11. The molecule has 1 heterocycles. The van der Waals surface area contributed by atoms with Gasteiger partial charge in [-0.3, -0.25) is 19.5 Å². The number of amides is 2. The molecule has 0 spiro atoms. The second kappa shape index (κ2) is 10.3. The summed E-state index contributed by atoms with van der Waals surface area (Å²) in [4.78, 5) is 32.5. The molecule has 1 N–H and O–H groups in total. The molecule has 0 unspecified atom stereocenters. The summed E-state index contributed by atoms with van der Waals surface area (Å²) in [7, 11) is 1.88. The molecule has 1 aliphatic heterocycles. The van der Waals surface area contributed by atoms with E-state index >= 15 is 0 Å². The van der Waals surface area contributed by atoms with E-state index in [9.17, 15) is 14.0 Å². The van der Waals surface area contributed by atoms with E-state index in [1.54, 1.807) is 36.4 Å². The molecule has 0 saturated heterocycles. The third kappa shape index (κ3) is 5.31. The number of nitrogens with one attached hydrogen (secondary N) is 1. The molecule has 0 fully saturated rings. The first-order valence-electron chi connectivity index (χ1n) is 9.20. The van der Waals surface area contributed by atoms with Gasteiger partial charge in [-0.05, 0) is 36.8 Å². The Balaban J connectivity index is 0.00000300. The first-order valence-corrected chi connectivity index (χ1v) is 9.20. The zero-order chi connectivity index (χ0) is 20.1. The molecule has 8 heteroatoms. The highest BCUT2D eigenvalue weighted by Crippen LogP contribution is 2.21. The second-order valence-electron chi connectivity index (χ2n) is 6.53. The molecule has 0 bridgehead atoms. The van der Waals surface area contributed by atoms with Crippen LogP contribution < -0.4 is 5.32 Å². The van der Waals surface area contributed by atoms with Gasteiger partial charge in [0.2, 0.25) is 0 Å². The fraction of sp³-hybridized carbons (Fsp3) is 0.286. The van der Waals surface area contributed by atoms with Gasteiger partial charge in [-0.15, -0.1) is 24.0 Å². The van der Waals surface area contributed by atoms with Crippen LogP contribution in [0.4, 0.5) is 4.39 Å². The average Bonchev–Trinajstić information content (AvgIpc) is 2.94. The normalized spacial score (nSPS) is 13.2. The number of nitrogens with zero attached hydrogens (tertiary/aromatic N) is 3. The molecule has 29 heavy (non-hydrogen) atoms. The van der Waals surface area contributed by atoms with Crippen molar-refractivity contribution in [2.45, 2.75) is 13.5 Å². The Morgan fingerprint density at radius 2 is 1.66 bits per heavy atom. The maximum Gasteiger partial charge on any atom is 0.261 e. The summed E-state index contributed by atoms with van der Waals surface area (Å²) in [5, 5.41) is 3.19. The topological polar surface area (TPSA) is 65.0 Å². The molecule has 0 aliphatic carbocycles. The number of carbonyl (C=O) groups is 2. The van der Waals surface area contributed by atoms with E-state index in [4.69, 9.17) is 0 Å². The van der Waals surface area contributed by atoms with E-state index in [0.29, 0.717) is 36.7 Å². The lowest BCUT2D eigenvalue weighted by atomic mass is 10.1. The number of carbonyl (C=O) groups excluding carboxylic acids is 2. The third-order valence-electron chi connectivity index (χ3n) is 4.49. The molecule has 0 saturated carbocycles. The molecule has 2 aromatic carbocycles. The Bertz CT molecular complexity index is 867. The van der Waals surface area contributed by atoms with Crippen LogP contribution in [-0.2, 0) is 6.54 Å². The van der Waals surface area contributed by atoms with Crippen molar-refractivity contribution in [2.75, 3.05) is 26.7 Å². The predicted octanol–water partition coefficient (Wildman–Crippen LogP) is 3.14. The number of guanidine groups is 1. The van der Waals surface area contributed by atoms with E-state index in [-0.39, 0.29) is 48.2 Å². The van der Waals surface area contributed by atoms with Crippen molar-refractivity contribution in [3.05, 3.63) is 71.0 Å². The fourth-order valence-electron chi connectivity index (χ4n) is 3.11. The molecule has 6 nitrogen and oxygen atoms in total. The number of imide groups is 1. The summed E-state index contributed by atoms with van der Waals surface area (Å²) < 4.78 is 13.1. The SMILES string of the molecule is CCNC(=NCCN1C(=O)c2ccccc2C1=O)N(C)Cc1ccc(F)cc1.I. The van der Waals surface area contributed by atoms with Crippen LogP contribution in [0.15, 0.2) is 53.5 Å². The Kier molecular flexibility index (Phi) is 8.12. The highest BCUT2D eigenvalue weighted by molar-refractivity contribution is 14.0. The minimum Gasteiger partial charge on any atom is -0.357 e. The lowest BCUT2D eigenvalue weighted by Crippen LogP contribution is -2.39. The lowest BCUT2D eigenvalue weighted by molar-refractivity contribution is 0.0659. The van der Waals surface area contributed by atoms with Crippen LogP contribution >= 0.6 is 24.0 Å². The molecule has 0 radical (unpaired) electrons. The Morgan fingerprint density at radius 1 is 1.07 bits per heavy atom. The Hall–Kier alpha value is -2.49. The van der Waals surface area contributed by atoms with Crippen LogP contribution in [0, 0.1) is 5.82 Å². The van der Waals surface area contributed by atoms with Crippen LogP contribution in [0.25, 0.3) is 0 Å². The van der Waals surface area contributed by atoms with Gasteiger partial charge in [0.1, 0.15) is 5.82 Å². The average molecular weight is 510 g/mol. The van der Waals surface area contributed by atoms with Crippen molar-refractivity contribution < 1.29 is 14.0 Å². The van der Waals surface area contributed by atoms with Crippen LogP contribution in [0.3, 0.4) is 0 Å². The van der Waals surface area contributed by atoms with E-state index in [0.717, 1.165) is 5.56 Å². The van der Waals surface area contributed by atoms with Crippen LogP contribution in [-0.4, -0.2) is 54.3 Å². The van der Waals surface area contributed by atoms with Crippen LogP contribution in [0.2, 0.25) is 0 Å². The molecule has 3 rings (SSSR count). The summed E-state index contributed by atoms with van der Waals surface area (Å²) in [5.74, 6) is -0.169. The van der Waals surface area contributed by atoms with Crippen molar-refractivity contribution in [1.29, 1.82) is 0 Å². The van der Waals surface area contributed by atoms with E-state index in [2.05, 4.69) is 10.3 Å². The molecule has 1 aliphatic rings. The van der Waals surface area contributed by atoms with Gasteiger partial charge in [-0.1, -0.05) is 24.3 Å². The number of hydrogen-bond donors (Lipinski definition) is 1. The molecule has 0 aromatic heterocycles. The van der Waals surface area contributed by atoms with Crippen molar-refractivity contribution >= 4 is 41.8 Å². The molecule has 2 aromatic rings. The maximum absolute atomic E-state index is 13.1. The summed E-state index contributed by atoms with van der Waals surface area (Å²) >= 11 is 0. The smallest absolute Gasteiger partial charge is 0.261 e. The minimum atomic E-state index is -0.277. The van der Waals surface area contributed by atoms with Gasteiger partial charge in [-0.2, -0.15) is 0 Å². The Morgan fingerprint density at radius 3 is 2.21 bits per heavy atom. The van der Waals surface area contributed by atoms with Crippen molar-refractivity contribution in [3.63, 3.8) is 0 Å². The van der Waals surface area contributed by atoms with Gasteiger partial charge in [-0.25, -0.2) is 4.39 Å². The van der Waals surface area contributed by atoms with Gasteiger partial charge < -0.3 is 10.2 Å². The molecular formula is C21H24FIN4O2. The van der Waals surface area contributed by atoms with Gasteiger partial charge in [0.25, 0.3) is 11.8 Å². The van der Waals surface area contributed by atoms with E-state index in [1.165, 1.54) is 17.0 Å². The molecule has 2 amide bonds. The minimum absolute atomic E-state index is 0. The molecular weight excluding hydrogens is 486 g/mol. The standard InChI is InChI=1S/C21H23FN4O2.HI/c1-3-23-21(25(2)14-15-8-10-16(22)11-9-15)24-12-13-26-19(27)17-6-4-5-7-18(17)20(26)28;/h4-11H,3,12-14H2,1-2H3,(H,23,24);1H. The largest absolute Gasteiger partial charge is 0.357 e. The van der Waals surface area contributed by atoms with Crippen LogP contribution in [0.1, 0.15) is 33.2 Å². The monoisotopic (exact) mass is 510 g/mol. The number of fused-ring (bicyclic) bond motifs is 1. The maximum atomic E-state index is 13.1. The summed E-state index contributed by atoms with van der Waals surface area (Å²) in [5.41, 5.74) is 1.84. The van der Waals surface area contributed by atoms with Crippen molar-refractivity contribution in [1.82, 2.24) is 15.1 Å². The van der Waals surface area contributed by atoms with Crippen molar-refractivity contribution in [3.8, 4) is 0 Å². The Labute approximate surface area is 186 Å². The number of benzene rings is 2. The number of aliphatic imine (C=N–C) groups is 1. The second-order valence-corrected chi connectivity index (χ2v) is 6.53. The zero-order valence-corrected chi connectivity index (χ0v) is 18.7. The van der Waals surface area contributed by atoms with Gasteiger partial charge in [0, 0.05) is 26.7 Å². The highest BCUT2D eigenvalue weighted by Gasteiger charge is 2.34. The van der Waals surface area contributed by atoms with E-state index in [1.807, 2.05) is 18.9 Å². The lowest BCUT2D eigenvalue weighted by Gasteiger charge is -2.22.